The van der Waals surface area contributed by atoms with Crippen molar-refractivity contribution in [3.05, 3.63) is 171 Å². The lowest BCUT2D eigenvalue weighted by Gasteiger charge is -2.46. The number of imide groups is 1. The van der Waals surface area contributed by atoms with E-state index in [9.17, 15) is 20.3 Å². The number of nitro benzene ring substituents is 1. The molecule has 0 unspecified atom stereocenters. The van der Waals surface area contributed by atoms with E-state index in [2.05, 4.69) is 11.8 Å². The standard InChI is InChI=1S/C59H60N4O11/c64-36-37-72-46-27-23-44(24-28-46)53-59(49(54(65)60-34-14-4-1-5-15-35-60)51-55(66)74-52(43-18-10-7-11-19-43)50(62(51)53)42-16-8-6-9-17-42)47-38-40(30-33-58(69)31-12-2-3-13-32-58)22-29-48(47)61(56(59)67)57(68)73-39-41-20-25-45(26-21-41)63(70)71/h6-11,16-29,38,49-53,64,69H,1-5,12-15,31-32,34-37,39H2/t49-,50-,51-,52+,53+,59-/m0/s1. The molecule has 2 N–H and O–H groups in total. The maximum Gasteiger partial charge on any atom is 0.421 e. The number of aliphatic hydroxyl groups is 2. The Balaban J connectivity index is 1.23. The smallest absolute Gasteiger partial charge is 0.421 e. The number of nitro groups is 1. The van der Waals surface area contributed by atoms with Crippen LogP contribution in [-0.4, -0.2) is 86.8 Å². The number of hydrogen-bond acceptors (Lipinski definition) is 12. The number of morpholine rings is 1. The van der Waals surface area contributed by atoms with Crippen molar-refractivity contribution in [3.8, 4) is 17.6 Å². The van der Waals surface area contributed by atoms with Crippen LogP contribution in [0.4, 0.5) is 16.2 Å². The molecule has 4 aliphatic heterocycles. The Hall–Kier alpha value is -7.38. The van der Waals surface area contributed by atoms with Crippen LogP contribution in [0.1, 0.15) is 122 Å². The lowest BCUT2D eigenvalue weighted by Crippen LogP contribution is -2.56. The van der Waals surface area contributed by atoms with Crippen molar-refractivity contribution in [1.29, 1.82) is 0 Å². The highest BCUT2D eigenvalue weighted by Gasteiger charge is 2.76. The highest BCUT2D eigenvalue weighted by atomic mass is 16.6. The van der Waals surface area contributed by atoms with E-state index >= 15 is 19.2 Å². The molecule has 0 bridgehead atoms. The molecule has 5 aromatic rings. The van der Waals surface area contributed by atoms with Gasteiger partial charge in [0.25, 0.3) is 5.69 Å². The number of fused-ring (bicyclic) bond motifs is 3. The average molecular weight is 1000 g/mol. The molecule has 3 saturated heterocycles. The first-order valence-corrected chi connectivity index (χ1v) is 25.9. The number of esters is 1. The number of carbonyl (C=O) groups is 4. The van der Waals surface area contributed by atoms with Crippen molar-refractivity contribution in [3.63, 3.8) is 0 Å². The third-order valence-corrected chi connectivity index (χ3v) is 15.5. The number of likely N-dealkylation sites (tertiary alicyclic amines) is 1. The first-order chi connectivity index (χ1) is 36.0. The van der Waals surface area contributed by atoms with E-state index in [0.29, 0.717) is 66.8 Å². The van der Waals surface area contributed by atoms with Crippen LogP contribution in [0.5, 0.6) is 5.75 Å². The van der Waals surface area contributed by atoms with Gasteiger partial charge in [-0.25, -0.2) is 9.69 Å². The van der Waals surface area contributed by atoms with Gasteiger partial charge in [-0.15, -0.1) is 0 Å². The zero-order chi connectivity index (χ0) is 51.4. The fraction of sp³-hybridized carbons (Fsp3) is 0.390. The number of benzene rings is 5. The van der Waals surface area contributed by atoms with E-state index in [0.717, 1.165) is 55.4 Å². The van der Waals surface area contributed by atoms with Crippen LogP contribution in [0.2, 0.25) is 0 Å². The molecule has 1 spiro atoms. The number of ether oxygens (including phenoxy) is 3. The number of nitrogens with zero attached hydrogens (tertiary/aromatic N) is 4. The summed E-state index contributed by atoms with van der Waals surface area (Å²) in [6.45, 7) is 0.214. The number of carbonyl (C=O) groups excluding carboxylic acids is 4. The van der Waals surface area contributed by atoms with Gasteiger partial charge in [0.2, 0.25) is 11.8 Å². The second-order valence-electron chi connectivity index (χ2n) is 20.0. The van der Waals surface area contributed by atoms with Gasteiger partial charge in [-0.05, 0) is 109 Å². The fourth-order valence-electron chi connectivity index (χ4n) is 12.1. The number of anilines is 1. The number of non-ortho nitro benzene ring substituents is 1. The number of hydrogen-bond donors (Lipinski definition) is 2. The van der Waals surface area contributed by atoms with E-state index in [1.165, 1.54) is 24.3 Å². The SMILES string of the molecule is O=C1O[C@H](c2ccccc2)[C@H](c2ccccc2)N2[C@H]1[C@@H](C(=O)N1CCCCCCC1)[C@]1(C(=O)N(C(=O)OCc3ccc([N+](=O)[O-])cc3)c3ccc(C#CC4(O)CCCCCC4)cc31)[C@H]2c1ccc(OCCO)cc1. The minimum atomic E-state index is -2.06. The Kier molecular flexibility index (Phi) is 14.6. The molecule has 15 nitrogen and oxygen atoms in total. The first-order valence-electron chi connectivity index (χ1n) is 25.9. The van der Waals surface area contributed by atoms with Gasteiger partial charge in [-0.1, -0.05) is 117 Å². The summed E-state index contributed by atoms with van der Waals surface area (Å²) in [5.74, 6) is 3.43. The van der Waals surface area contributed by atoms with Crippen LogP contribution in [0.3, 0.4) is 0 Å². The number of aliphatic hydroxyl groups excluding tert-OH is 1. The molecule has 6 atom stereocenters. The first kappa shape index (κ1) is 50.2. The summed E-state index contributed by atoms with van der Waals surface area (Å²) in [6, 6.07) is 33.2. The maximum absolute atomic E-state index is 16.8. The molecule has 5 aromatic carbocycles. The molecule has 1 saturated carbocycles. The van der Waals surface area contributed by atoms with E-state index in [4.69, 9.17) is 14.2 Å². The van der Waals surface area contributed by atoms with Crippen LogP contribution in [0, 0.1) is 27.9 Å². The molecule has 3 amide bonds. The Bertz CT molecular complexity index is 2930. The second kappa shape index (κ2) is 21.6. The van der Waals surface area contributed by atoms with Crippen molar-refractivity contribution in [2.45, 2.75) is 112 Å². The topological polar surface area (TPSA) is 189 Å². The van der Waals surface area contributed by atoms with Crippen LogP contribution >= 0.6 is 0 Å². The predicted octanol–water partition coefficient (Wildman–Crippen LogP) is 9.20. The molecule has 10 rings (SSSR count). The second-order valence-corrected chi connectivity index (χ2v) is 20.0. The van der Waals surface area contributed by atoms with Gasteiger partial charge in [0.1, 0.15) is 42.1 Å². The molecule has 4 heterocycles. The van der Waals surface area contributed by atoms with Crippen LogP contribution < -0.4 is 9.64 Å². The van der Waals surface area contributed by atoms with E-state index < -0.39 is 70.0 Å². The van der Waals surface area contributed by atoms with Crippen molar-refractivity contribution < 1.29 is 48.5 Å². The third kappa shape index (κ3) is 9.54. The maximum atomic E-state index is 16.8. The lowest BCUT2D eigenvalue weighted by atomic mass is 9.64. The molecule has 74 heavy (non-hydrogen) atoms. The minimum Gasteiger partial charge on any atom is -0.491 e. The van der Waals surface area contributed by atoms with Crippen molar-refractivity contribution in [1.82, 2.24) is 9.80 Å². The van der Waals surface area contributed by atoms with Crippen LogP contribution in [-0.2, 0) is 35.9 Å². The highest BCUT2D eigenvalue weighted by Crippen LogP contribution is 2.66. The summed E-state index contributed by atoms with van der Waals surface area (Å²) < 4.78 is 18.5. The average Bonchev–Trinajstić information content (AvgIpc) is 3.77. The number of rotatable bonds is 10. The molecular formula is C59H60N4O11. The summed E-state index contributed by atoms with van der Waals surface area (Å²) in [5, 5.41) is 33.0. The number of cyclic esters (lactones) is 1. The Morgan fingerprint density at radius 3 is 2.04 bits per heavy atom. The summed E-state index contributed by atoms with van der Waals surface area (Å²) >= 11 is 0. The molecule has 0 radical (unpaired) electrons. The van der Waals surface area contributed by atoms with Crippen molar-refractivity contribution in [2.75, 3.05) is 31.2 Å². The normalized spacial score (nSPS) is 24.5. The molecule has 15 heteroatoms. The van der Waals surface area contributed by atoms with Gasteiger partial charge >= 0.3 is 12.1 Å². The molecule has 382 valence electrons. The van der Waals surface area contributed by atoms with Crippen LogP contribution in [0.25, 0.3) is 0 Å². The van der Waals surface area contributed by atoms with Gasteiger partial charge in [-0.2, -0.15) is 0 Å². The molecule has 1 aliphatic carbocycles. The van der Waals surface area contributed by atoms with E-state index in [-0.39, 0.29) is 36.8 Å². The summed E-state index contributed by atoms with van der Waals surface area (Å²) in [7, 11) is 0. The van der Waals surface area contributed by atoms with Crippen molar-refractivity contribution in [2.24, 2.45) is 5.92 Å². The largest absolute Gasteiger partial charge is 0.491 e. The summed E-state index contributed by atoms with van der Waals surface area (Å²) in [5.41, 5.74) is -0.236. The molecule has 5 aliphatic rings. The third-order valence-electron chi connectivity index (χ3n) is 15.5. The Morgan fingerprint density at radius 1 is 0.757 bits per heavy atom. The minimum absolute atomic E-state index is 0.0236. The monoisotopic (exact) mass is 1000 g/mol. The predicted molar refractivity (Wildman–Crippen MR) is 273 cm³/mol. The summed E-state index contributed by atoms with van der Waals surface area (Å²) in [6.07, 6.45) is 6.82. The van der Waals surface area contributed by atoms with Gasteiger partial charge in [0.05, 0.1) is 35.2 Å². The number of amides is 3. The quantitative estimate of drug-likeness (QED) is 0.0444. The van der Waals surface area contributed by atoms with E-state index in [1.54, 1.807) is 47.4 Å². The van der Waals surface area contributed by atoms with E-state index in [1.807, 2.05) is 65.6 Å². The molecular weight excluding hydrogens is 941 g/mol. The fourth-order valence-corrected chi connectivity index (χ4v) is 12.1. The zero-order valence-electron chi connectivity index (χ0n) is 41.2. The Labute approximate surface area is 430 Å². The lowest BCUT2D eigenvalue weighted by molar-refractivity contribution is -0.384. The van der Waals surface area contributed by atoms with Gasteiger partial charge in [0, 0.05) is 30.8 Å². The van der Waals surface area contributed by atoms with Gasteiger partial charge in [-0.3, -0.25) is 29.4 Å². The summed E-state index contributed by atoms with van der Waals surface area (Å²) in [4.78, 5) is 79.5. The molecule has 4 fully saturated rings. The molecule has 0 aromatic heterocycles. The zero-order valence-corrected chi connectivity index (χ0v) is 41.2. The Morgan fingerprint density at radius 2 is 1.39 bits per heavy atom. The highest BCUT2D eigenvalue weighted by molar-refractivity contribution is 6.23. The van der Waals surface area contributed by atoms with Crippen LogP contribution in [0.15, 0.2) is 127 Å². The van der Waals surface area contributed by atoms with Gasteiger partial charge in [0.15, 0.2) is 0 Å². The van der Waals surface area contributed by atoms with Gasteiger partial charge < -0.3 is 29.3 Å². The van der Waals surface area contributed by atoms with Crippen molar-refractivity contribution >= 4 is 35.3 Å².